The van der Waals surface area contributed by atoms with Gasteiger partial charge in [0.25, 0.3) is 5.56 Å². The summed E-state index contributed by atoms with van der Waals surface area (Å²) in [5, 5.41) is 4.34. The van der Waals surface area contributed by atoms with E-state index in [0.29, 0.717) is 15.3 Å². The van der Waals surface area contributed by atoms with Gasteiger partial charge in [-0.1, -0.05) is 75.8 Å². The first kappa shape index (κ1) is 14.3. The third-order valence-corrected chi connectivity index (χ3v) is 5.09. The first-order valence-electron chi connectivity index (χ1n) is 6.93. The highest BCUT2D eigenvalue weighted by Gasteiger charge is 2.11. The number of fused-ring (bicyclic) bond motifs is 1. The minimum Gasteiger partial charge on any atom is -0.266 e. The fraction of sp³-hybridized carbons (Fsp3) is 0. The van der Waals surface area contributed by atoms with Crippen LogP contribution >= 0.6 is 27.3 Å². The Labute approximate surface area is 143 Å². The van der Waals surface area contributed by atoms with Gasteiger partial charge in [-0.15, -0.1) is 5.10 Å². The summed E-state index contributed by atoms with van der Waals surface area (Å²) in [6.07, 6.45) is 1.86. The molecule has 0 aliphatic carbocycles. The number of thiazole rings is 1. The Morgan fingerprint density at radius 3 is 2.52 bits per heavy atom. The second-order valence-electron chi connectivity index (χ2n) is 4.93. The van der Waals surface area contributed by atoms with Crippen molar-refractivity contribution in [1.82, 2.24) is 14.6 Å². The Balaban J connectivity index is 1.86. The predicted molar refractivity (Wildman–Crippen MR) is 95.5 cm³/mol. The van der Waals surface area contributed by atoms with Crippen molar-refractivity contribution in [2.24, 2.45) is 0 Å². The van der Waals surface area contributed by atoms with E-state index >= 15 is 0 Å². The summed E-state index contributed by atoms with van der Waals surface area (Å²) in [4.78, 5) is 17.6. The molecule has 0 fully saturated rings. The van der Waals surface area contributed by atoms with Crippen molar-refractivity contribution in [3.8, 4) is 11.4 Å². The lowest BCUT2D eigenvalue weighted by molar-refractivity contribution is 0.937. The van der Waals surface area contributed by atoms with E-state index in [1.807, 2.05) is 60.7 Å². The van der Waals surface area contributed by atoms with Crippen molar-refractivity contribution in [3.63, 3.8) is 0 Å². The molecule has 4 rings (SSSR count). The number of rotatable bonds is 2. The van der Waals surface area contributed by atoms with Crippen molar-refractivity contribution >= 4 is 38.3 Å². The minimum atomic E-state index is -0.143. The van der Waals surface area contributed by atoms with Gasteiger partial charge < -0.3 is 0 Å². The van der Waals surface area contributed by atoms with Crippen molar-refractivity contribution in [1.29, 1.82) is 0 Å². The maximum absolute atomic E-state index is 12.5. The molecule has 23 heavy (non-hydrogen) atoms. The van der Waals surface area contributed by atoms with Crippen LogP contribution in [-0.4, -0.2) is 14.6 Å². The van der Waals surface area contributed by atoms with Crippen LogP contribution in [0.1, 0.15) is 5.56 Å². The van der Waals surface area contributed by atoms with E-state index < -0.39 is 0 Å². The zero-order chi connectivity index (χ0) is 15.8. The quantitative estimate of drug-likeness (QED) is 0.534. The first-order valence-corrected chi connectivity index (χ1v) is 8.54. The third-order valence-electron chi connectivity index (χ3n) is 3.41. The molecule has 2 aromatic heterocycles. The number of nitrogens with zero attached hydrogens (tertiary/aromatic N) is 3. The molecule has 0 atom stereocenters. The molecule has 0 aliphatic heterocycles. The van der Waals surface area contributed by atoms with Crippen molar-refractivity contribution in [3.05, 3.63) is 79.5 Å². The topological polar surface area (TPSA) is 47.3 Å². The number of halogens is 1. The lowest BCUT2D eigenvalue weighted by atomic mass is 10.2. The predicted octanol–water partition coefficient (Wildman–Crippen LogP) is 3.13. The highest BCUT2D eigenvalue weighted by Crippen LogP contribution is 2.17. The van der Waals surface area contributed by atoms with Gasteiger partial charge in [0.2, 0.25) is 4.96 Å². The second kappa shape index (κ2) is 5.72. The molecule has 2 heterocycles. The molecule has 0 spiro atoms. The van der Waals surface area contributed by atoms with E-state index in [9.17, 15) is 4.79 Å². The molecule has 112 valence electrons. The van der Waals surface area contributed by atoms with Crippen LogP contribution in [0.2, 0.25) is 0 Å². The Morgan fingerprint density at radius 2 is 1.78 bits per heavy atom. The largest absolute Gasteiger partial charge is 0.291 e. The molecular formula is C17H10BrN3OS. The van der Waals surface area contributed by atoms with Crippen LogP contribution in [0, 0.1) is 0 Å². The molecular weight excluding hydrogens is 374 g/mol. The molecule has 4 nitrogen and oxygen atoms in total. The van der Waals surface area contributed by atoms with E-state index in [1.54, 1.807) is 0 Å². The fourth-order valence-corrected chi connectivity index (χ4v) is 3.57. The smallest absolute Gasteiger partial charge is 0.266 e. The van der Waals surface area contributed by atoms with Gasteiger partial charge >= 0.3 is 0 Å². The van der Waals surface area contributed by atoms with E-state index in [2.05, 4.69) is 26.0 Å². The van der Waals surface area contributed by atoms with Gasteiger partial charge in [-0.25, -0.2) is 0 Å². The number of hydrogen-bond donors (Lipinski definition) is 0. The van der Waals surface area contributed by atoms with Crippen molar-refractivity contribution in [2.75, 3.05) is 0 Å². The van der Waals surface area contributed by atoms with Gasteiger partial charge in [0, 0.05) is 10.0 Å². The molecule has 6 heteroatoms. The average molecular weight is 384 g/mol. The fourth-order valence-electron chi connectivity index (χ4n) is 2.28. The monoisotopic (exact) mass is 383 g/mol. The lowest BCUT2D eigenvalue weighted by Gasteiger charge is -1.94. The summed E-state index contributed by atoms with van der Waals surface area (Å²) in [7, 11) is 0. The molecule has 0 saturated heterocycles. The van der Waals surface area contributed by atoms with Crippen molar-refractivity contribution < 1.29 is 0 Å². The van der Waals surface area contributed by atoms with Crippen LogP contribution in [0.4, 0.5) is 0 Å². The summed E-state index contributed by atoms with van der Waals surface area (Å²) in [5.74, 6) is 0.571. The van der Waals surface area contributed by atoms with E-state index in [4.69, 9.17) is 0 Å². The third kappa shape index (κ3) is 2.60. The van der Waals surface area contributed by atoms with Crippen LogP contribution in [0.15, 0.2) is 63.9 Å². The summed E-state index contributed by atoms with van der Waals surface area (Å²) < 4.78 is 2.94. The highest BCUT2D eigenvalue weighted by atomic mass is 79.9. The Hall–Kier alpha value is -2.31. The van der Waals surface area contributed by atoms with Gasteiger partial charge in [0.1, 0.15) is 0 Å². The second-order valence-corrected chi connectivity index (χ2v) is 6.80. The zero-order valence-corrected chi connectivity index (χ0v) is 14.2. The molecule has 4 aromatic rings. The Kier molecular flexibility index (Phi) is 3.55. The van der Waals surface area contributed by atoms with Gasteiger partial charge in [-0.05, 0) is 17.7 Å². The standard InChI is InChI=1S/C17H10BrN3OS/c18-13-9-5-4-8-12(13)10-14-16(22)21-17(23-14)19-15(20-21)11-6-2-1-3-7-11/h1-10H/b14-10-. The summed E-state index contributed by atoms with van der Waals surface area (Å²) in [5.41, 5.74) is 1.71. The Bertz CT molecular complexity index is 1100. The molecule has 0 unspecified atom stereocenters. The lowest BCUT2D eigenvalue weighted by Crippen LogP contribution is -2.23. The highest BCUT2D eigenvalue weighted by molar-refractivity contribution is 9.10. The van der Waals surface area contributed by atoms with E-state index in [-0.39, 0.29) is 5.56 Å². The van der Waals surface area contributed by atoms with Crippen LogP contribution in [0.25, 0.3) is 22.4 Å². The van der Waals surface area contributed by atoms with Crippen LogP contribution in [0.3, 0.4) is 0 Å². The number of hydrogen-bond acceptors (Lipinski definition) is 4. The molecule has 0 amide bonds. The molecule has 0 radical (unpaired) electrons. The number of aromatic nitrogens is 3. The van der Waals surface area contributed by atoms with Crippen LogP contribution in [0.5, 0.6) is 0 Å². The number of benzene rings is 2. The molecule has 2 aromatic carbocycles. The zero-order valence-electron chi connectivity index (χ0n) is 11.8. The SMILES string of the molecule is O=c1/c(=C/c2ccccc2Br)sc2nc(-c3ccccc3)nn12. The maximum Gasteiger partial charge on any atom is 0.291 e. The van der Waals surface area contributed by atoms with Gasteiger partial charge in [-0.2, -0.15) is 9.50 Å². The van der Waals surface area contributed by atoms with Crippen molar-refractivity contribution in [2.45, 2.75) is 0 Å². The molecule has 0 N–H and O–H groups in total. The summed E-state index contributed by atoms with van der Waals surface area (Å²) in [6.45, 7) is 0. The normalized spacial score (nSPS) is 12.1. The average Bonchev–Trinajstić information content (AvgIpc) is 3.11. The van der Waals surface area contributed by atoms with E-state index in [0.717, 1.165) is 15.6 Å². The van der Waals surface area contributed by atoms with Crippen LogP contribution < -0.4 is 10.1 Å². The maximum atomic E-state index is 12.5. The van der Waals surface area contributed by atoms with Gasteiger partial charge in [0.05, 0.1) is 4.53 Å². The Morgan fingerprint density at radius 1 is 1.04 bits per heavy atom. The van der Waals surface area contributed by atoms with Crippen LogP contribution in [-0.2, 0) is 0 Å². The van der Waals surface area contributed by atoms with E-state index in [1.165, 1.54) is 15.9 Å². The van der Waals surface area contributed by atoms with Gasteiger partial charge in [-0.3, -0.25) is 4.79 Å². The summed E-state index contributed by atoms with van der Waals surface area (Å²) >= 11 is 4.83. The molecule has 0 bridgehead atoms. The minimum absolute atomic E-state index is 0.143. The summed E-state index contributed by atoms with van der Waals surface area (Å²) in [6, 6.07) is 17.4. The first-order chi connectivity index (χ1) is 11.2. The molecule has 0 aliphatic rings. The van der Waals surface area contributed by atoms with Gasteiger partial charge in [0.15, 0.2) is 5.82 Å². The molecule has 0 saturated carbocycles.